The second-order valence-electron chi connectivity index (χ2n) is 5.57. The number of rotatable bonds is 4. The third-order valence-electron chi connectivity index (χ3n) is 3.80. The molecule has 1 atom stereocenters. The van der Waals surface area contributed by atoms with E-state index in [1.54, 1.807) is 0 Å². The van der Waals surface area contributed by atoms with Gasteiger partial charge >= 0.3 is 12.2 Å². The number of halogens is 3. The quantitative estimate of drug-likeness (QED) is 0.769. The highest BCUT2D eigenvalue weighted by molar-refractivity contribution is 7.89. The summed E-state index contributed by atoms with van der Waals surface area (Å²) >= 11 is 0. The lowest BCUT2D eigenvalue weighted by atomic mass is 10.1. The molecule has 0 spiro atoms. The Morgan fingerprint density at radius 2 is 1.44 bits per heavy atom. The van der Waals surface area contributed by atoms with Crippen LogP contribution in [0.4, 0.5) is 23.7 Å². The van der Waals surface area contributed by atoms with Crippen molar-refractivity contribution in [3.05, 3.63) is 60.7 Å². The molecule has 1 aliphatic rings. The molecule has 0 radical (unpaired) electrons. The van der Waals surface area contributed by atoms with Crippen molar-refractivity contribution in [2.75, 3.05) is 4.90 Å². The highest BCUT2D eigenvalue weighted by Gasteiger charge is 2.69. The molecule has 2 N–H and O–H groups in total. The van der Waals surface area contributed by atoms with Gasteiger partial charge in [0.05, 0.1) is 10.6 Å². The molecule has 0 bridgehead atoms. The molecule has 11 heteroatoms. The van der Waals surface area contributed by atoms with Gasteiger partial charge in [0.2, 0.25) is 10.0 Å². The van der Waals surface area contributed by atoms with Crippen molar-refractivity contribution in [3.8, 4) is 0 Å². The predicted molar refractivity (Wildman–Crippen MR) is 88.0 cm³/mol. The number of nitrogens with zero attached hydrogens (tertiary/aromatic N) is 1. The van der Waals surface area contributed by atoms with Crippen LogP contribution in [0.1, 0.15) is 0 Å². The van der Waals surface area contributed by atoms with Crippen LogP contribution < -0.4 is 14.9 Å². The molecule has 1 aliphatic heterocycles. The van der Waals surface area contributed by atoms with Gasteiger partial charge in [0, 0.05) is 0 Å². The van der Waals surface area contributed by atoms with Gasteiger partial charge in [0.25, 0.3) is 11.6 Å². The Bertz CT molecular complexity index is 981. The van der Waals surface area contributed by atoms with Gasteiger partial charge in [0.1, 0.15) is 0 Å². The van der Waals surface area contributed by atoms with Crippen molar-refractivity contribution in [2.45, 2.75) is 16.7 Å². The minimum Gasteiger partial charge on any atom is -0.302 e. The zero-order chi connectivity index (χ0) is 19.9. The van der Waals surface area contributed by atoms with Gasteiger partial charge in [-0.05, 0) is 24.3 Å². The zero-order valence-electron chi connectivity index (χ0n) is 13.4. The SMILES string of the molecule is O=C1N[C@@](NS(=O)(=O)c2ccccc2)(C(F)(F)F)C(=O)N1c1ccccc1. The minimum absolute atomic E-state index is 0.134. The summed E-state index contributed by atoms with van der Waals surface area (Å²) in [4.78, 5) is 24.5. The highest BCUT2D eigenvalue weighted by Crippen LogP contribution is 2.36. The van der Waals surface area contributed by atoms with E-state index >= 15 is 0 Å². The third kappa shape index (κ3) is 3.15. The summed E-state index contributed by atoms with van der Waals surface area (Å²) in [5, 5.41) is 1.45. The fourth-order valence-corrected chi connectivity index (χ4v) is 3.81. The molecular formula is C16H12F3N3O4S. The number of benzene rings is 2. The van der Waals surface area contributed by atoms with Crippen LogP contribution in [0.2, 0.25) is 0 Å². The van der Waals surface area contributed by atoms with E-state index in [4.69, 9.17) is 0 Å². The summed E-state index contributed by atoms with van der Waals surface area (Å²) in [6, 6.07) is 11.7. The number of alkyl halides is 3. The number of hydrogen-bond acceptors (Lipinski definition) is 4. The van der Waals surface area contributed by atoms with Gasteiger partial charge in [-0.25, -0.2) is 18.1 Å². The fraction of sp³-hybridized carbons (Fsp3) is 0.125. The molecule has 7 nitrogen and oxygen atoms in total. The average molecular weight is 399 g/mol. The first-order valence-electron chi connectivity index (χ1n) is 7.46. The zero-order valence-corrected chi connectivity index (χ0v) is 14.2. The van der Waals surface area contributed by atoms with Crippen molar-refractivity contribution in [1.29, 1.82) is 0 Å². The number of carbonyl (C=O) groups is 2. The first-order chi connectivity index (χ1) is 12.6. The lowest BCUT2D eigenvalue weighted by molar-refractivity contribution is -0.194. The largest absolute Gasteiger partial charge is 0.435 e. The van der Waals surface area contributed by atoms with Crippen LogP contribution in [0.5, 0.6) is 0 Å². The summed E-state index contributed by atoms with van der Waals surface area (Å²) in [7, 11) is -4.78. The standard InChI is InChI=1S/C16H12F3N3O4S/c17-16(18,19)15(21-27(25,26)12-9-5-2-6-10-12)13(23)22(14(24)20-15)11-7-3-1-4-8-11/h1-10,21H,(H,20,24)/t15-/m0/s1. The maximum absolute atomic E-state index is 13.8. The number of hydrogen-bond donors (Lipinski definition) is 2. The molecule has 0 saturated carbocycles. The van der Waals surface area contributed by atoms with Crippen LogP contribution in [0, 0.1) is 0 Å². The highest BCUT2D eigenvalue weighted by atomic mass is 32.2. The van der Waals surface area contributed by atoms with E-state index in [0.29, 0.717) is 0 Å². The normalized spacial score (nSPS) is 20.6. The van der Waals surface area contributed by atoms with Crippen molar-refractivity contribution in [1.82, 2.24) is 10.0 Å². The smallest absolute Gasteiger partial charge is 0.302 e. The Morgan fingerprint density at radius 3 is 1.96 bits per heavy atom. The molecule has 2 aromatic carbocycles. The van der Waals surface area contributed by atoms with Crippen molar-refractivity contribution >= 4 is 27.6 Å². The number of carbonyl (C=O) groups excluding carboxylic acids is 2. The lowest BCUT2D eigenvalue weighted by Crippen LogP contribution is -2.69. The van der Waals surface area contributed by atoms with E-state index in [1.165, 1.54) is 58.6 Å². The van der Waals surface area contributed by atoms with Gasteiger partial charge in [-0.1, -0.05) is 36.4 Å². The van der Waals surface area contributed by atoms with Gasteiger partial charge in [0.15, 0.2) is 0 Å². The van der Waals surface area contributed by atoms with E-state index in [2.05, 4.69) is 0 Å². The first-order valence-corrected chi connectivity index (χ1v) is 8.94. The topological polar surface area (TPSA) is 95.6 Å². The number of sulfonamides is 1. The Hall–Kier alpha value is -2.92. The molecule has 3 amide bonds. The van der Waals surface area contributed by atoms with Crippen LogP contribution in [-0.2, 0) is 14.8 Å². The summed E-state index contributed by atoms with van der Waals surface area (Å²) in [6.45, 7) is 0. The van der Waals surface area contributed by atoms with E-state index < -0.39 is 38.7 Å². The Kier molecular flexibility index (Phi) is 4.44. The van der Waals surface area contributed by atoms with Crippen molar-refractivity contribution < 1.29 is 31.2 Å². The summed E-state index contributed by atoms with van der Waals surface area (Å²) in [5.41, 5.74) is -3.96. The number of para-hydroxylation sites is 1. The molecule has 1 heterocycles. The van der Waals surface area contributed by atoms with Crippen LogP contribution in [-0.4, -0.2) is 32.2 Å². The first kappa shape index (κ1) is 18.9. The van der Waals surface area contributed by atoms with E-state index in [1.807, 2.05) is 0 Å². The van der Waals surface area contributed by atoms with Gasteiger partial charge < -0.3 is 5.32 Å². The fourth-order valence-electron chi connectivity index (χ4n) is 2.52. The minimum atomic E-state index is -5.44. The van der Waals surface area contributed by atoms with E-state index in [0.717, 1.165) is 12.1 Å². The molecule has 0 aliphatic carbocycles. The molecular weight excluding hydrogens is 387 g/mol. The number of nitrogens with one attached hydrogen (secondary N) is 2. The number of imide groups is 1. The van der Waals surface area contributed by atoms with Crippen molar-refractivity contribution in [3.63, 3.8) is 0 Å². The molecule has 1 fully saturated rings. The lowest BCUT2D eigenvalue weighted by Gasteiger charge is -2.29. The van der Waals surface area contributed by atoms with Gasteiger partial charge in [-0.3, -0.25) is 4.79 Å². The summed E-state index contributed by atoms with van der Waals surface area (Å²) in [6.07, 6.45) is -5.44. The predicted octanol–water partition coefficient (Wildman–Crippen LogP) is 1.98. The summed E-state index contributed by atoms with van der Waals surface area (Å²) < 4.78 is 67.5. The maximum atomic E-state index is 13.8. The molecule has 3 rings (SSSR count). The number of amides is 3. The Labute approximate surface area is 151 Å². The van der Waals surface area contributed by atoms with Gasteiger partial charge in [-0.15, -0.1) is 0 Å². The third-order valence-corrected chi connectivity index (χ3v) is 5.27. The monoisotopic (exact) mass is 399 g/mol. The van der Waals surface area contributed by atoms with E-state index in [-0.39, 0.29) is 10.6 Å². The Morgan fingerprint density at radius 1 is 0.926 bits per heavy atom. The number of urea groups is 1. The Balaban J connectivity index is 2.08. The molecule has 1 saturated heterocycles. The molecule has 2 aromatic rings. The molecule has 27 heavy (non-hydrogen) atoms. The number of anilines is 1. The summed E-state index contributed by atoms with van der Waals surface area (Å²) in [5.74, 6) is -1.80. The van der Waals surface area contributed by atoms with Crippen LogP contribution in [0.25, 0.3) is 0 Å². The molecule has 142 valence electrons. The van der Waals surface area contributed by atoms with Crippen LogP contribution >= 0.6 is 0 Å². The molecule has 0 unspecified atom stereocenters. The van der Waals surface area contributed by atoms with Gasteiger partial charge in [-0.2, -0.15) is 17.9 Å². The van der Waals surface area contributed by atoms with Crippen LogP contribution in [0.15, 0.2) is 65.6 Å². The maximum Gasteiger partial charge on any atom is 0.435 e. The second-order valence-corrected chi connectivity index (χ2v) is 7.25. The van der Waals surface area contributed by atoms with Crippen LogP contribution in [0.3, 0.4) is 0 Å². The van der Waals surface area contributed by atoms with Crippen molar-refractivity contribution in [2.24, 2.45) is 0 Å². The molecule has 0 aromatic heterocycles. The average Bonchev–Trinajstić information content (AvgIpc) is 2.87. The van der Waals surface area contributed by atoms with E-state index in [9.17, 15) is 31.2 Å². The second kappa shape index (κ2) is 6.35.